The molecule has 1 heterocycles. The van der Waals surface area contributed by atoms with Gasteiger partial charge in [0, 0.05) is 34.9 Å². The molecule has 21 heavy (non-hydrogen) atoms. The van der Waals surface area contributed by atoms with Gasteiger partial charge in [0.15, 0.2) is 0 Å². The lowest BCUT2D eigenvalue weighted by molar-refractivity contribution is 0.891. The first-order valence-corrected chi connectivity index (χ1v) is 7.83. The van der Waals surface area contributed by atoms with E-state index >= 15 is 0 Å². The molecule has 104 valence electrons. The molecule has 0 N–H and O–H groups in total. The number of likely N-dealkylation sites (N-methyl/N-ethyl adjacent to an activating group) is 1. The minimum Gasteiger partial charge on any atom is -0.374 e. The molecular weight excluding hydrogens is 276 g/mol. The summed E-state index contributed by atoms with van der Waals surface area (Å²) in [5.74, 6) is 0. The van der Waals surface area contributed by atoms with Crippen LogP contribution in [0.15, 0.2) is 53.9 Å². The Hall–Kier alpha value is -2.31. The average molecular weight is 292 g/mol. The van der Waals surface area contributed by atoms with E-state index in [0.717, 1.165) is 29.3 Å². The van der Waals surface area contributed by atoms with Gasteiger partial charge >= 0.3 is 0 Å². The van der Waals surface area contributed by atoms with Gasteiger partial charge < -0.3 is 4.90 Å². The Morgan fingerprint density at radius 1 is 1.05 bits per heavy atom. The van der Waals surface area contributed by atoms with E-state index in [1.54, 1.807) is 11.3 Å². The molecule has 0 saturated carbocycles. The summed E-state index contributed by atoms with van der Waals surface area (Å²) in [7, 11) is 2.11. The van der Waals surface area contributed by atoms with Crippen molar-refractivity contribution in [3.8, 4) is 6.07 Å². The molecule has 3 aromatic rings. The standard InChI is InChI=1S/C18H16N2S/c1-20(11-10-15-5-4-12-21-15)18-9-8-14(13-19)16-6-2-3-7-17(16)18/h2-9,12H,10-11H2,1H3. The summed E-state index contributed by atoms with van der Waals surface area (Å²) in [5.41, 5.74) is 1.92. The minimum atomic E-state index is 0.737. The summed E-state index contributed by atoms with van der Waals surface area (Å²) in [4.78, 5) is 3.67. The number of nitriles is 1. The SMILES string of the molecule is CN(CCc1cccs1)c1ccc(C#N)c2ccccc12. The van der Waals surface area contributed by atoms with Gasteiger partial charge in [-0.1, -0.05) is 30.3 Å². The van der Waals surface area contributed by atoms with Crippen LogP contribution in [-0.4, -0.2) is 13.6 Å². The highest BCUT2D eigenvalue weighted by atomic mass is 32.1. The van der Waals surface area contributed by atoms with Crippen molar-refractivity contribution in [1.82, 2.24) is 0 Å². The van der Waals surface area contributed by atoms with Crippen molar-refractivity contribution >= 4 is 27.8 Å². The first-order chi connectivity index (χ1) is 10.3. The number of thiophene rings is 1. The highest BCUT2D eigenvalue weighted by Gasteiger charge is 2.09. The summed E-state index contributed by atoms with van der Waals surface area (Å²) in [6, 6.07) is 18.6. The Balaban J connectivity index is 1.91. The van der Waals surface area contributed by atoms with Crippen LogP contribution >= 0.6 is 11.3 Å². The Bertz CT molecular complexity index is 785. The van der Waals surface area contributed by atoms with Gasteiger partial charge in [0.1, 0.15) is 0 Å². The first kappa shape index (κ1) is 13.7. The topological polar surface area (TPSA) is 27.0 Å². The maximum absolute atomic E-state index is 9.23. The van der Waals surface area contributed by atoms with E-state index in [1.807, 2.05) is 24.3 Å². The Labute approximate surface area is 128 Å². The van der Waals surface area contributed by atoms with Crippen LogP contribution in [0.2, 0.25) is 0 Å². The Kier molecular flexibility index (Phi) is 3.89. The molecule has 0 saturated heterocycles. The predicted molar refractivity (Wildman–Crippen MR) is 90.0 cm³/mol. The quantitative estimate of drug-likeness (QED) is 0.710. The maximum atomic E-state index is 9.23. The van der Waals surface area contributed by atoms with Crippen molar-refractivity contribution in [2.75, 3.05) is 18.5 Å². The number of anilines is 1. The van der Waals surface area contributed by atoms with E-state index in [-0.39, 0.29) is 0 Å². The van der Waals surface area contributed by atoms with Crippen LogP contribution in [-0.2, 0) is 6.42 Å². The molecule has 0 radical (unpaired) electrons. The molecule has 3 heteroatoms. The third-order valence-corrected chi connectivity index (χ3v) is 4.64. The lowest BCUT2D eigenvalue weighted by Gasteiger charge is -2.21. The number of nitrogens with zero attached hydrogens (tertiary/aromatic N) is 2. The predicted octanol–water partition coefficient (Wildman–Crippen LogP) is 4.45. The molecule has 3 rings (SSSR count). The second-order valence-electron chi connectivity index (χ2n) is 5.04. The average Bonchev–Trinajstić information content (AvgIpc) is 3.05. The lowest BCUT2D eigenvalue weighted by Crippen LogP contribution is -2.20. The van der Waals surface area contributed by atoms with Crippen molar-refractivity contribution in [3.05, 3.63) is 64.4 Å². The number of hydrogen-bond acceptors (Lipinski definition) is 3. The molecule has 0 unspecified atom stereocenters. The highest BCUT2D eigenvalue weighted by Crippen LogP contribution is 2.28. The number of rotatable bonds is 4. The highest BCUT2D eigenvalue weighted by molar-refractivity contribution is 7.09. The fraction of sp³-hybridized carbons (Fsp3) is 0.167. The Morgan fingerprint density at radius 2 is 1.86 bits per heavy atom. The van der Waals surface area contributed by atoms with E-state index in [4.69, 9.17) is 0 Å². The van der Waals surface area contributed by atoms with E-state index < -0.39 is 0 Å². The van der Waals surface area contributed by atoms with Crippen molar-refractivity contribution in [1.29, 1.82) is 5.26 Å². The van der Waals surface area contributed by atoms with Gasteiger partial charge in [0.05, 0.1) is 11.6 Å². The molecule has 0 amide bonds. The van der Waals surface area contributed by atoms with Crippen LogP contribution in [0, 0.1) is 11.3 Å². The number of hydrogen-bond donors (Lipinski definition) is 0. The van der Waals surface area contributed by atoms with Crippen molar-refractivity contribution < 1.29 is 0 Å². The first-order valence-electron chi connectivity index (χ1n) is 6.95. The zero-order valence-corrected chi connectivity index (χ0v) is 12.7. The van der Waals surface area contributed by atoms with Crippen LogP contribution in [0.1, 0.15) is 10.4 Å². The summed E-state index contributed by atoms with van der Waals surface area (Å²) in [6.07, 6.45) is 1.04. The van der Waals surface area contributed by atoms with Crippen LogP contribution in [0.3, 0.4) is 0 Å². The van der Waals surface area contributed by atoms with Crippen LogP contribution in [0.5, 0.6) is 0 Å². The monoisotopic (exact) mass is 292 g/mol. The second-order valence-corrected chi connectivity index (χ2v) is 6.07. The molecular formula is C18H16N2S. The lowest BCUT2D eigenvalue weighted by atomic mass is 10.0. The molecule has 0 aliphatic rings. The fourth-order valence-electron chi connectivity index (χ4n) is 2.57. The van der Waals surface area contributed by atoms with Gasteiger partial charge in [-0.25, -0.2) is 0 Å². The van der Waals surface area contributed by atoms with Gasteiger partial charge in [-0.05, 0) is 30.0 Å². The Morgan fingerprint density at radius 3 is 2.57 bits per heavy atom. The zero-order valence-electron chi connectivity index (χ0n) is 11.9. The molecule has 0 aliphatic carbocycles. The van der Waals surface area contributed by atoms with Crippen molar-refractivity contribution in [3.63, 3.8) is 0 Å². The van der Waals surface area contributed by atoms with Crippen molar-refractivity contribution in [2.45, 2.75) is 6.42 Å². The summed E-state index contributed by atoms with van der Waals surface area (Å²) in [5, 5.41) is 13.5. The van der Waals surface area contributed by atoms with Gasteiger partial charge in [-0.3, -0.25) is 0 Å². The van der Waals surface area contributed by atoms with Crippen molar-refractivity contribution in [2.24, 2.45) is 0 Å². The fourth-order valence-corrected chi connectivity index (χ4v) is 3.26. The van der Waals surface area contributed by atoms with Crippen LogP contribution in [0.25, 0.3) is 10.8 Å². The van der Waals surface area contributed by atoms with Crippen LogP contribution < -0.4 is 4.90 Å². The largest absolute Gasteiger partial charge is 0.374 e. The molecule has 2 nitrogen and oxygen atoms in total. The van der Waals surface area contributed by atoms with E-state index in [0.29, 0.717) is 0 Å². The molecule has 0 aliphatic heterocycles. The smallest absolute Gasteiger partial charge is 0.0998 e. The molecule has 2 aromatic carbocycles. The maximum Gasteiger partial charge on any atom is 0.0998 e. The molecule has 0 atom stereocenters. The third-order valence-electron chi connectivity index (χ3n) is 3.71. The van der Waals surface area contributed by atoms with Gasteiger partial charge in [-0.2, -0.15) is 5.26 Å². The normalized spacial score (nSPS) is 10.5. The van der Waals surface area contributed by atoms with Gasteiger partial charge in [0.25, 0.3) is 0 Å². The van der Waals surface area contributed by atoms with E-state index in [9.17, 15) is 5.26 Å². The second kappa shape index (κ2) is 5.99. The molecule has 0 spiro atoms. The molecule has 0 fully saturated rings. The number of fused-ring (bicyclic) bond motifs is 1. The summed E-state index contributed by atoms with van der Waals surface area (Å²) in [6.45, 7) is 0.969. The summed E-state index contributed by atoms with van der Waals surface area (Å²) >= 11 is 1.80. The van der Waals surface area contributed by atoms with Crippen LogP contribution in [0.4, 0.5) is 5.69 Å². The number of benzene rings is 2. The molecule has 1 aromatic heterocycles. The molecule has 0 bridgehead atoms. The summed E-state index contributed by atoms with van der Waals surface area (Å²) < 4.78 is 0. The van der Waals surface area contributed by atoms with Gasteiger partial charge in [-0.15, -0.1) is 11.3 Å². The zero-order chi connectivity index (χ0) is 14.7. The van der Waals surface area contributed by atoms with E-state index in [2.05, 4.69) is 47.7 Å². The minimum absolute atomic E-state index is 0.737. The van der Waals surface area contributed by atoms with E-state index in [1.165, 1.54) is 10.6 Å². The third kappa shape index (κ3) is 2.76. The van der Waals surface area contributed by atoms with Gasteiger partial charge in [0.2, 0.25) is 0 Å².